The van der Waals surface area contributed by atoms with Gasteiger partial charge in [-0.15, -0.1) is 22.9 Å². The highest BCUT2D eigenvalue weighted by molar-refractivity contribution is 7.93. The largest absolute Gasteiger partial charge is 0.223 e. The maximum absolute atomic E-state index is 11.2. The molecule has 1 aromatic rings. The number of rotatable bonds is 3. The lowest BCUT2D eigenvalue weighted by Crippen LogP contribution is -2.05. The van der Waals surface area contributed by atoms with Crippen LogP contribution in [-0.4, -0.2) is 20.1 Å². The van der Waals surface area contributed by atoms with E-state index in [0.29, 0.717) is 4.21 Å². The maximum atomic E-state index is 11.2. The zero-order valence-electron chi connectivity index (χ0n) is 5.66. The summed E-state index contributed by atoms with van der Waals surface area (Å²) < 4.78 is 22.8. The molecule has 0 fully saturated rings. The van der Waals surface area contributed by atoms with Gasteiger partial charge < -0.3 is 0 Å². The van der Waals surface area contributed by atoms with E-state index in [4.69, 9.17) is 11.6 Å². The molecule has 0 aliphatic heterocycles. The lowest BCUT2D eigenvalue weighted by Gasteiger charge is -1.95. The summed E-state index contributed by atoms with van der Waals surface area (Å²) in [5.41, 5.74) is 0. The predicted octanol–water partition coefficient (Wildman–Crippen LogP) is 1.76. The van der Waals surface area contributed by atoms with E-state index in [1.165, 1.54) is 11.3 Å². The van der Waals surface area contributed by atoms with Gasteiger partial charge in [0.05, 0.1) is 5.75 Å². The van der Waals surface area contributed by atoms with Crippen LogP contribution in [0.4, 0.5) is 0 Å². The van der Waals surface area contributed by atoms with E-state index in [1.807, 2.05) is 0 Å². The molecule has 0 saturated heterocycles. The van der Waals surface area contributed by atoms with Crippen LogP contribution in [-0.2, 0) is 9.84 Å². The first kappa shape index (κ1) is 9.03. The molecule has 0 aliphatic rings. The van der Waals surface area contributed by atoms with Crippen molar-refractivity contribution < 1.29 is 8.42 Å². The SMILES string of the molecule is O=S(=O)(CCCl)c1cccs1. The first-order chi connectivity index (χ1) is 5.17. The molecule has 0 bridgehead atoms. The second kappa shape index (κ2) is 3.56. The van der Waals surface area contributed by atoms with Crippen LogP contribution >= 0.6 is 22.9 Å². The molecule has 0 saturated carbocycles. The Morgan fingerprint density at radius 2 is 2.27 bits per heavy atom. The molecule has 1 heterocycles. The van der Waals surface area contributed by atoms with Crippen LogP contribution in [0.25, 0.3) is 0 Å². The van der Waals surface area contributed by atoms with E-state index < -0.39 is 9.84 Å². The third-order valence-corrected chi connectivity index (χ3v) is 4.76. The van der Waals surface area contributed by atoms with Crippen LogP contribution in [0.2, 0.25) is 0 Å². The van der Waals surface area contributed by atoms with Crippen molar-refractivity contribution in [2.24, 2.45) is 0 Å². The molecule has 0 unspecified atom stereocenters. The van der Waals surface area contributed by atoms with Gasteiger partial charge in [0.2, 0.25) is 0 Å². The third-order valence-electron chi connectivity index (χ3n) is 1.15. The number of halogens is 1. The second-order valence-corrected chi connectivity index (χ2v) is 5.60. The molecule has 62 valence electrons. The van der Waals surface area contributed by atoms with Crippen molar-refractivity contribution in [3.8, 4) is 0 Å². The molecular formula is C6H7ClO2S2. The number of sulfone groups is 1. The zero-order valence-corrected chi connectivity index (χ0v) is 8.05. The average molecular weight is 211 g/mol. The van der Waals surface area contributed by atoms with E-state index >= 15 is 0 Å². The molecule has 0 radical (unpaired) electrons. The van der Waals surface area contributed by atoms with E-state index in [1.54, 1.807) is 17.5 Å². The molecule has 0 aromatic carbocycles. The Morgan fingerprint density at radius 3 is 2.73 bits per heavy atom. The van der Waals surface area contributed by atoms with Crippen LogP contribution in [0, 0.1) is 0 Å². The molecule has 0 spiro atoms. The summed E-state index contributed by atoms with van der Waals surface area (Å²) >= 11 is 6.55. The minimum atomic E-state index is -3.08. The summed E-state index contributed by atoms with van der Waals surface area (Å²) in [7, 11) is -3.08. The molecule has 2 nitrogen and oxygen atoms in total. The van der Waals surface area contributed by atoms with Gasteiger partial charge in [0.15, 0.2) is 9.84 Å². The summed E-state index contributed by atoms with van der Waals surface area (Å²) in [5.74, 6) is 0.176. The fourth-order valence-corrected chi connectivity index (χ4v) is 3.39. The summed E-state index contributed by atoms with van der Waals surface area (Å²) in [6.07, 6.45) is 0. The highest BCUT2D eigenvalue weighted by Gasteiger charge is 2.13. The van der Waals surface area contributed by atoms with Crippen molar-refractivity contribution in [1.82, 2.24) is 0 Å². The van der Waals surface area contributed by atoms with Crippen molar-refractivity contribution in [3.63, 3.8) is 0 Å². The Labute approximate surface area is 74.7 Å². The first-order valence-corrected chi connectivity index (χ1v) is 6.06. The van der Waals surface area contributed by atoms with Crippen LogP contribution in [0.15, 0.2) is 21.7 Å². The highest BCUT2D eigenvalue weighted by atomic mass is 35.5. The van der Waals surface area contributed by atoms with Crippen LogP contribution < -0.4 is 0 Å². The summed E-state index contributed by atoms with van der Waals surface area (Å²) in [4.78, 5) is 0. The van der Waals surface area contributed by atoms with Crippen LogP contribution in [0.5, 0.6) is 0 Å². The third kappa shape index (κ3) is 2.18. The van der Waals surface area contributed by atoms with Gasteiger partial charge in [-0.2, -0.15) is 0 Å². The Balaban J connectivity index is 2.92. The lowest BCUT2D eigenvalue weighted by molar-refractivity contribution is 0.599. The fraction of sp³-hybridized carbons (Fsp3) is 0.333. The van der Waals surface area contributed by atoms with Gasteiger partial charge >= 0.3 is 0 Å². The Bertz CT molecular complexity index is 301. The Hall–Kier alpha value is -0.0600. The van der Waals surface area contributed by atoms with E-state index in [0.717, 1.165) is 0 Å². The van der Waals surface area contributed by atoms with Gasteiger partial charge in [0.25, 0.3) is 0 Å². The molecule has 0 amide bonds. The van der Waals surface area contributed by atoms with Crippen molar-refractivity contribution in [2.45, 2.75) is 4.21 Å². The minimum Gasteiger partial charge on any atom is -0.223 e. The average Bonchev–Trinajstić information content (AvgIpc) is 2.37. The molecule has 0 N–H and O–H groups in total. The number of alkyl halides is 1. The zero-order chi connectivity index (χ0) is 8.32. The van der Waals surface area contributed by atoms with Gasteiger partial charge in [-0.25, -0.2) is 8.42 Å². The summed E-state index contributed by atoms with van der Waals surface area (Å²) in [6.45, 7) is 0. The van der Waals surface area contributed by atoms with Crippen molar-refractivity contribution in [1.29, 1.82) is 0 Å². The van der Waals surface area contributed by atoms with Crippen molar-refractivity contribution in [3.05, 3.63) is 17.5 Å². The van der Waals surface area contributed by atoms with Gasteiger partial charge in [-0.1, -0.05) is 6.07 Å². The van der Waals surface area contributed by atoms with E-state index in [2.05, 4.69) is 0 Å². The number of hydrogen-bond donors (Lipinski definition) is 0. The van der Waals surface area contributed by atoms with Gasteiger partial charge in [-0.3, -0.25) is 0 Å². The summed E-state index contributed by atoms with van der Waals surface area (Å²) in [5, 5.41) is 1.74. The second-order valence-electron chi connectivity index (χ2n) is 1.94. The topological polar surface area (TPSA) is 34.1 Å². The standard InChI is InChI=1S/C6H7ClO2S2/c7-3-5-11(8,9)6-2-1-4-10-6/h1-2,4H,3,5H2. The van der Waals surface area contributed by atoms with Gasteiger partial charge in [0, 0.05) is 5.88 Å². The van der Waals surface area contributed by atoms with Crippen LogP contribution in [0.3, 0.4) is 0 Å². The molecule has 1 aromatic heterocycles. The van der Waals surface area contributed by atoms with E-state index in [9.17, 15) is 8.42 Å². The van der Waals surface area contributed by atoms with Crippen molar-refractivity contribution in [2.75, 3.05) is 11.6 Å². The Morgan fingerprint density at radius 1 is 1.55 bits per heavy atom. The van der Waals surface area contributed by atoms with Gasteiger partial charge in [0.1, 0.15) is 4.21 Å². The fourth-order valence-electron chi connectivity index (χ4n) is 0.643. The highest BCUT2D eigenvalue weighted by Crippen LogP contribution is 2.17. The lowest BCUT2D eigenvalue weighted by atomic mass is 10.7. The molecule has 5 heteroatoms. The van der Waals surface area contributed by atoms with Crippen LogP contribution in [0.1, 0.15) is 0 Å². The summed E-state index contributed by atoms with van der Waals surface area (Å²) in [6, 6.07) is 3.30. The predicted molar refractivity (Wildman–Crippen MR) is 47.1 cm³/mol. The Kier molecular flexibility index (Phi) is 2.92. The van der Waals surface area contributed by atoms with E-state index in [-0.39, 0.29) is 11.6 Å². The van der Waals surface area contributed by atoms with Gasteiger partial charge in [-0.05, 0) is 11.4 Å². The molecule has 0 aliphatic carbocycles. The smallest absolute Gasteiger partial charge is 0.188 e. The maximum Gasteiger partial charge on any atom is 0.188 e. The normalized spacial score (nSPS) is 11.7. The first-order valence-electron chi connectivity index (χ1n) is 2.99. The quantitative estimate of drug-likeness (QED) is 0.713. The van der Waals surface area contributed by atoms with Crippen molar-refractivity contribution >= 4 is 32.8 Å². The molecule has 0 atom stereocenters. The minimum absolute atomic E-state index is 0.0229. The monoisotopic (exact) mass is 210 g/mol. The molecule has 11 heavy (non-hydrogen) atoms. The molecular weight excluding hydrogens is 204 g/mol. The number of hydrogen-bond acceptors (Lipinski definition) is 3. The number of thiophene rings is 1. The molecule has 1 rings (SSSR count).